The van der Waals surface area contributed by atoms with Crippen molar-refractivity contribution < 1.29 is 4.79 Å². The first-order valence-corrected chi connectivity index (χ1v) is 7.49. The first-order valence-electron chi connectivity index (χ1n) is 7.49. The smallest absolute Gasteiger partial charge is 0.243 e. The molecule has 1 amide bonds. The molecular weight excluding hydrogens is 286 g/mol. The average Bonchev–Trinajstić information content (AvgIpc) is 2.98. The summed E-state index contributed by atoms with van der Waals surface area (Å²) < 4.78 is 1.67. The van der Waals surface area contributed by atoms with Gasteiger partial charge in [0.25, 0.3) is 0 Å². The van der Waals surface area contributed by atoms with Crippen molar-refractivity contribution in [3.63, 3.8) is 0 Å². The molecule has 3 aromatic carbocycles. The molecule has 0 aliphatic carbocycles. The van der Waals surface area contributed by atoms with Gasteiger partial charge in [-0.15, -0.1) is 0 Å². The summed E-state index contributed by atoms with van der Waals surface area (Å²) in [5, 5.41) is 2.32. The number of aromatic nitrogens is 2. The van der Waals surface area contributed by atoms with Crippen molar-refractivity contribution in [3.8, 4) is 0 Å². The molecule has 4 rings (SSSR count). The Labute approximate surface area is 133 Å². The number of para-hydroxylation sites is 2. The van der Waals surface area contributed by atoms with E-state index in [4.69, 9.17) is 0 Å². The summed E-state index contributed by atoms with van der Waals surface area (Å²) in [4.78, 5) is 16.6. The molecule has 0 unspecified atom stereocenters. The largest absolute Gasteiger partial charge is 0.273 e. The normalized spacial score (nSPS) is 11.0. The molecule has 0 atom stereocenters. The molecule has 23 heavy (non-hydrogen) atoms. The van der Waals surface area contributed by atoms with Crippen LogP contribution in [-0.2, 0) is 11.2 Å². The van der Waals surface area contributed by atoms with E-state index in [9.17, 15) is 4.79 Å². The van der Waals surface area contributed by atoms with E-state index in [1.165, 1.54) is 5.39 Å². The number of benzene rings is 3. The van der Waals surface area contributed by atoms with Gasteiger partial charge in [-0.1, -0.05) is 54.6 Å². The third-order valence-corrected chi connectivity index (χ3v) is 3.88. The van der Waals surface area contributed by atoms with Crippen molar-refractivity contribution in [1.82, 2.24) is 9.66 Å². The van der Waals surface area contributed by atoms with Crippen LogP contribution in [0.1, 0.15) is 5.56 Å². The highest BCUT2D eigenvalue weighted by Crippen LogP contribution is 2.16. The van der Waals surface area contributed by atoms with Crippen LogP contribution in [0.5, 0.6) is 0 Å². The summed E-state index contributed by atoms with van der Waals surface area (Å²) in [7, 11) is 0. The number of amides is 1. The SMILES string of the molecule is O=C(Cc1ccc2ccccc2c1)Nn1cnc2ccccc21. The van der Waals surface area contributed by atoms with E-state index in [1.54, 1.807) is 11.0 Å². The van der Waals surface area contributed by atoms with Crippen LogP contribution in [-0.4, -0.2) is 15.6 Å². The summed E-state index contributed by atoms with van der Waals surface area (Å²) in [5.41, 5.74) is 5.62. The molecule has 1 aromatic heterocycles. The molecular formula is C19H15N3O. The molecule has 0 spiro atoms. The Balaban J connectivity index is 1.55. The maximum absolute atomic E-state index is 12.3. The van der Waals surface area contributed by atoms with Crippen LogP contribution in [0, 0.1) is 0 Å². The van der Waals surface area contributed by atoms with Gasteiger partial charge in [0.2, 0.25) is 5.91 Å². The average molecular weight is 301 g/mol. The van der Waals surface area contributed by atoms with E-state index in [2.05, 4.69) is 28.6 Å². The predicted molar refractivity (Wildman–Crippen MR) is 91.8 cm³/mol. The van der Waals surface area contributed by atoms with Gasteiger partial charge in [-0.3, -0.25) is 10.2 Å². The van der Waals surface area contributed by atoms with Crippen molar-refractivity contribution in [2.24, 2.45) is 0 Å². The van der Waals surface area contributed by atoms with E-state index < -0.39 is 0 Å². The van der Waals surface area contributed by atoms with Crippen LogP contribution >= 0.6 is 0 Å². The number of rotatable bonds is 3. The molecule has 112 valence electrons. The summed E-state index contributed by atoms with van der Waals surface area (Å²) in [6.07, 6.45) is 1.96. The molecule has 0 saturated carbocycles. The summed E-state index contributed by atoms with van der Waals surface area (Å²) in [5.74, 6) is -0.0663. The van der Waals surface area contributed by atoms with Gasteiger partial charge < -0.3 is 0 Å². The number of carbonyl (C=O) groups excluding carboxylic acids is 1. The highest BCUT2D eigenvalue weighted by atomic mass is 16.2. The fraction of sp³-hybridized carbons (Fsp3) is 0.0526. The van der Waals surface area contributed by atoms with E-state index in [1.807, 2.05) is 48.5 Å². The maximum Gasteiger partial charge on any atom is 0.243 e. The Kier molecular flexibility index (Phi) is 3.27. The van der Waals surface area contributed by atoms with E-state index >= 15 is 0 Å². The third-order valence-electron chi connectivity index (χ3n) is 3.88. The standard InChI is InChI=1S/C19H15N3O/c23-19(21-22-13-20-17-7-3-4-8-18(17)22)12-14-9-10-15-5-1-2-6-16(15)11-14/h1-11,13H,12H2,(H,21,23). The van der Waals surface area contributed by atoms with Crippen molar-refractivity contribution in [2.75, 3.05) is 5.43 Å². The molecule has 0 fully saturated rings. The minimum Gasteiger partial charge on any atom is -0.273 e. The second-order valence-electron chi connectivity index (χ2n) is 5.50. The maximum atomic E-state index is 12.3. The molecule has 4 heteroatoms. The molecule has 4 aromatic rings. The van der Waals surface area contributed by atoms with Crippen LogP contribution in [0.2, 0.25) is 0 Å². The Morgan fingerprint density at radius 3 is 2.65 bits per heavy atom. The number of hydrogen-bond acceptors (Lipinski definition) is 2. The number of carbonyl (C=O) groups is 1. The van der Waals surface area contributed by atoms with Gasteiger partial charge in [-0.25, -0.2) is 9.66 Å². The molecule has 0 saturated heterocycles. The van der Waals surface area contributed by atoms with E-state index in [-0.39, 0.29) is 5.91 Å². The first kappa shape index (κ1) is 13.5. The van der Waals surface area contributed by atoms with E-state index in [0.717, 1.165) is 22.0 Å². The predicted octanol–water partition coefficient (Wildman–Crippen LogP) is 3.50. The Morgan fingerprint density at radius 1 is 0.957 bits per heavy atom. The number of imidazole rings is 1. The zero-order valence-electron chi connectivity index (χ0n) is 12.4. The molecule has 0 radical (unpaired) electrons. The lowest BCUT2D eigenvalue weighted by Crippen LogP contribution is -2.23. The molecule has 4 nitrogen and oxygen atoms in total. The van der Waals surface area contributed by atoms with Crippen LogP contribution in [0.4, 0.5) is 0 Å². The minimum atomic E-state index is -0.0663. The summed E-state index contributed by atoms with van der Waals surface area (Å²) in [6.45, 7) is 0. The topological polar surface area (TPSA) is 46.9 Å². The second kappa shape index (κ2) is 5.57. The second-order valence-corrected chi connectivity index (χ2v) is 5.50. The number of fused-ring (bicyclic) bond motifs is 2. The highest BCUT2D eigenvalue weighted by Gasteiger charge is 2.07. The van der Waals surface area contributed by atoms with Gasteiger partial charge in [-0.2, -0.15) is 0 Å². The van der Waals surface area contributed by atoms with Crippen LogP contribution < -0.4 is 5.43 Å². The zero-order chi connectivity index (χ0) is 15.6. The summed E-state index contributed by atoms with van der Waals surface area (Å²) in [6, 6.07) is 21.9. The van der Waals surface area contributed by atoms with Crippen molar-refractivity contribution in [1.29, 1.82) is 0 Å². The molecule has 1 heterocycles. The Bertz CT molecular complexity index is 1000. The Hall–Kier alpha value is -3.14. The van der Waals surface area contributed by atoms with Crippen molar-refractivity contribution >= 4 is 27.7 Å². The lowest BCUT2D eigenvalue weighted by Gasteiger charge is -2.08. The summed E-state index contributed by atoms with van der Waals surface area (Å²) >= 11 is 0. The van der Waals surface area contributed by atoms with Crippen molar-refractivity contribution in [3.05, 3.63) is 78.6 Å². The molecule has 0 aliphatic heterocycles. The fourth-order valence-corrected chi connectivity index (χ4v) is 2.76. The number of hydrogen-bond donors (Lipinski definition) is 1. The first-order chi connectivity index (χ1) is 11.3. The van der Waals surface area contributed by atoms with Crippen LogP contribution in [0.3, 0.4) is 0 Å². The van der Waals surface area contributed by atoms with Gasteiger partial charge in [0, 0.05) is 0 Å². The quantitative estimate of drug-likeness (QED) is 0.629. The third kappa shape index (κ3) is 2.66. The number of nitrogens with zero attached hydrogens (tertiary/aromatic N) is 2. The minimum absolute atomic E-state index is 0.0663. The van der Waals surface area contributed by atoms with Crippen LogP contribution in [0.25, 0.3) is 21.8 Å². The van der Waals surface area contributed by atoms with Gasteiger partial charge in [0.1, 0.15) is 6.33 Å². The van der Waals surface area contributed by atoms with Crippen LogP contribution in [0.15, 0.2) is 73.1 Å². The molecule has 0 aliphatic rings. The van der Waals surface area contributed by atoms with E-state index in [0.29, 0.717) is 6.42 Å². The van der Waals surface area contributed by atoms with Gasteiger partial charge in [0.15, 0.2) is 0 Å². The van der Waals surface area contributed by atoms with Crippen molar-refractivity contribution in [2.45, 2.75) is 6.42 Å². The van der Waals surface area contributed by atoms with Gasteiger partial charge >= 0.3 is 0 Å². The Morgan fingerprint density at radius 2 is 1.74 bits per heavy atom. The zero-order valence-corrected chi connectivity index (χ0v) is 12.4. The molecule has 1 N–H and O–H groups in total. The van der Waals surface area contributed by atoms with Gasteiger partial charge in [0.05, 0.1) is 17.5 Å². The monoisotopic (exact) mass is 301 g/mol. The lowest BCUT2D eigenvalue weighted by atomic mass is 10.1. The number of nitrogens with one attached hydrogen (secondary N) is 1. The van der Waals surface area contributed by atoms with Gasteiger partial charge in [-0.05, 0) is 28.5 Å². The highest BCUT2D eigenvalue weighted by molar-refractivity contribution is 5.89. The lowest BCUT2D eigenvalue weighted by molar-refractivity contribution is -0.116. The fourth-order valence-electron chi connectivity index (χ4n) is 2.76. The molecule has 0 bridgehead atoms.